The molecule has 0 aromatic carbocycles. The molecule has 1 rings (SSSR count). The summed E-state index contributed by atoms with van der Waals surface area (Å²) >= 11 is 0. The molecule has 0 aromatic heterocycles. The second-order valence-corrected chi connectivity index (χ2v) is 5.88. The Labute approximate surface area is 131 Å². The van der Waals surface area contributed by atoms with Crippen molar-refractivity contribution in [1.82, 2.24) is 0 Å². The van der Waals surface area contributed by atoms with Gasteiger partial charge in [-0.1, -0.05) is 58.3 Å². The summed E-state index contributed by atoms with van der Waals surface area (Å²) in [5, 5.41) is 38.4. The number of carbonyl (C=O) groups excluding carboxylic acids is 1. The minimum Gasteiger partial charge on any atom is -0.505 e. The number of cyclic esters (lactones) is 1. The lowest BCUT2D eigenvalue weighted by molar-refractivity contribution is -0.150. The number of rotatable bonds is 11. The Bertz CT molecular complexity index is 379. The van der Waals surface area contributed by atoms with Crippen molar-refractivity contribution in [2.24, 2.45) is 0 Å². The van der Waals surface area contributed by atoms with Gasteiger partial charge in [0.05, 0.1) is 6.10 Å². The third kappa shape index (κ3) is 5.50. The van der Waals surface area contributed by atoms with Crippen LogP contribution >= 0.6 is 0 Å². The quantitative estimate of drug-likeness (QED) is 0.344. The van der Waals surface area contributed by atoms with Crippen molar-refractivity contribution in [3.63, 3.8) is 0 Å². The van der Waals surface area contributed by atoms with Crippen molar-refractivity contribution in [1.29, 1.82) is 0 Å². The summed E-state index contributed by atoms with van der Waals surface area (Å²) in [5.74, 6) is -2.70. The van der Waals surface area contributed by atoms with E-state index in [1.54, 1.807) is 0 Å². The first-order valence-corrected chi connectivity index (χ1v) is 8.18. The van der Waals surface area contributed by atoms with E-state index in [1.807, 2.05) is 0 Å². The number of aliphatic hydroxyl groups excluding tert-OH is 4. The molecule has 22 heavy (non-hydrogen) atoms. The van der Waals surface area contributed by atoms with E-state index in [9.17, 15) is 20.1 Å². The van der Waals surface area contributed by atoms with Gasteiger partial charge in [-0.3, -0.25) is 0 Å². The smallest absolute Gasteiger partial charge is 0.377 e. The van der Waals surface area contributed by atoms with Gasteiger partial charge >= 0.3 is 5.97 Å². The van der Waals surface area contributed by atoms with Gasteiger partial charge in [0, 0.05) is 0 Å². The van der Waals surface area contributed by atoms with Gasteiger partial charge in [-0.2, -0.15) is 0 Å². The number of unbranched alkanes of at least 4 members (excludes halogenated alkanes) is 7. The molecule has 0 radical (unpaired) electrons. The monoisotopic (exact) mass is 316 g/mol. The highest BCUT2D eigenvalue weighted by molar-refractivity contribution is 5.89. The molecule has 3 atom stereocenters. The maximum Gasteiger partial charge on any atom is 0.377 e. The van der Waals surface area contributed by atoms with E-state index in [0.29, 0.717) is 6.42 Å². The highest BCUT2D eigenvalue weighted by Crippen LogP contribution is 2.24. The molecule has 0 bridgehead atoms. The fourth-order valence-electron chi connectivity index (χ4n) is 2.56. The van der Waals surface area contributed by atoms with Gasteiger partial charge in [0.25, 0.3) is 0 Å². The molecule has 1 unspecified atom stereocenters. The van der Waals surface area contributed by atoms with Gasteiger partial charge in [0.2, 0.25) is 5.76 Å². The maximum atomic E-state index is 11.0. The van der Waals surface area contributed by atoms with Gasteiger partial charge in [-0.15, -0.1) is 0 Å². The highest BCUT2D eigenvalue weighted by Gasteiger charge is 2.41. The minimum atomic E-state index is -1.43. The van der Waals surface area contributed by atoms with Gasteiger partial charge in [-0.25, -0.2) is 4.79 Å². The Kier molecular flexibility index (Phi) is 8.27. The molecule has 0 aromatic rings. The summed E-state index contributed by atoms with van der Waals surface area (Å²) in [6.45, 7) is 2.18. The molecule has 4 N–H and O–H groups in total. The molecular formula is C16H28O6. The van der Waals surface area contributed by atoms with Crippen molar-refractivity contribution in [3.05, 3.63) is 11.5 Å². The number of carbonyl (C=O) groups is 1. The molecule has 6 heteroatoms. The second kappa shape index (κ2) is 9.69. The predicted octanol–water partition coefficient (Wildman–Crippen LogP) is 2.49. The molecule has 0 amide bonds. The zero-order valence-electron chi connectivity index (χ0n) is 13.2. The van der Waals surface area contributed by atoms with Crippen LogP contribution in [0.25, 0.3) is 0 Å². The number of hydrogen-bond donors (Lipinski definition) is 4. The van der Waals surface area contributed by atoms with Crippen molar-refractivity contribution in [2.45, 2.75) is 83.0 Å². The molecule has 1 aliphatic heterocycles. The van der Waals surface area contributed by atoms with Crippen LogP contribution in [0, 0.1) is 0 Å². The lowest BCUT2D eigenvalue weighted by atomic mass is 10.00. The summed E-state index contributed by atoms with van der Waals surface area (Å²) in [6, 6.07) is 0. The van der Waals surface area contributed by atoms with Crippen LogP contribution in [0.5, 0.6) is 0 Å². The van der Waals surface area contributed by atoms with Crippen LogP contribution in [-0.4, -0.2) is 44.7 Å². The molecule has 1 heterocycles. The Morgan fingerprint density at radius 1 is 1.00 bits per heavy atom. The fraction of sp³-hybridized carbons (Fsp3) is 0.812. The molecule has 0 saturated carbocycles. The van der Waals surface area contributed by atoms with Gasteiger partial charge in [-0.05, 0) is 6.42 Å². The van der Waals surface area contributed by atoms with Crippen LogP contribution < -0.4 is 0 Å². The lowest BCUT2D eigenvalue weighted by Gasteiger charge is -2.22. The van der Waals surface area contributed by atoms with Gasteiger partial charge in [0.15, 0.2) is 11.9 Å². The summed E-state index contributed by atoms with van der Waals surface area (Å²) < 4.78 is 4.63. The summed E-state index contributed by atoms with van der Waals surface area (Å²) in [7, 11) is 0. The van der Waals surface area contributed by atoms with E-state index in [2.05, 4.69) is 11.7 Å². The van der Waals surface area contributed by atoms with E-state index in [4.69, 9.17) is 5.11 Å². The van der Waals surface area contributed by atoms with E-state index < -0.39 is 35.8 Å². The fourth-order valence-corrected chi connectivity index (χ4v) is 2.56. The molecule has 0 spiro atoms. The number of hydrogen-bond acceptors (Lipinski definition) is 6. The van der Waals surface area contributed by atoms with E-state index in [0.717, 1.165) is 19.3 Å². The normalized spacial score (nSPS) is 21.0. The Morgan fingerprint density at radius 3 is 2.05 bits per heavy atom. The Morgan fingerprint density at radius 2 is 1.55 bits per heavy atom. The Hall–Kier alpha value is -1.27. The molecule has 1 aliphatic rings. The molecule has 0 saturated heterocycles. The number of esters is 1. The van der Waals surface area contributed by atoms with Crippen molar-refractivity contribution < 1.29 is 30.0 Å². The van der Waals surface area contributed by atoms with Crippen molar-refractivity contribution in [2.75, 3.05) is 0 Å². The van der Waals surface area contributed by atoms with E-state index >= 15 is 0 Å². The van der Waals surface area contributed by atoms with Crippen LogP contribution in [-0.2, 0) is 9.53 Å². The highest BCUT2D eigenvalue weighted by atomic mass is 16.6. The third-order valence-electron chi connectivity index (χ3n) is 4.00. The first-order valence-electron chi connectivity index (χ1n) is 8.18. The predicted molar refractivity (Wildman–Crippen MR) is 81.4 cm³/mol. The van der Waals surface area contributed by atoms with Crippen molar-refractivity contribution >= 4 is 5.97 Å². The van der Waals surface area contributed by atoms with E-state index in [-0.39, 0.29) is 0 Å². The summed E-state index contributed by atoms with van der Waals surface area (Å²) in [6.07, 6.45) is 5.43. The van der Waals surface area contributed by atoms with Crippen LogP contribution in [0.1, 0.15) is 64.7 Å². The van der Waals surface area contributed by atoms with Crippen LogP contribution in [0.15, 0.2) is 11.5 Å². The second-order valence-electron chi connectivity index (χ2n) is 5.88. The topological polar surface area (TPSA) is 107 Å². The zero-order valence-corrected chi connectivity index (χ0v) is 13.2. The third-order valence-corrected chi connectivity index (χ3v) is 4.00. The first kappa shape index (κ1) is 18.8. The van der Waals surface area contributed by atoms with Crippen molar-refractivity contribution in [3.8, 4) is 0 Å². The minimum absolute atomic E-state index is 0.359. The maximum absolute atomic E-state index is 11.0. The number of aliphatic hydroxyl groups is 4. The van der Waals surface area contributed by atoms with Crippen LogP contribution in [0.4, 0.5) is 0 Å². The molecule has 128 valence electrons. The molecule has 0 aliphatic carbocycles. The van der Waals surface area contributed by atoms with E-state index in [1.165, 1.54) is 32.1 Å². The van der Waals surface area contributed by atoms with Crippen LogP contribution in [0.3, 0.4) is 0 Å². The molecule has 6 nitrogen and oxygen atoms in total. The largest absolute Gasteiger partial charge is 0.505 e. The zero-order chi connectivity index (χ0) is 16.5. The average molecular weight is 316 g/mol. The molecule has 0 fully saturated rings. The number of ether oxygens (including phenoxy) is 1. The lowest BCUT2D eigenvalue weighted by Crippen LogP contribution is -2.39. The van der Waals surface area contributed by atoms with Crippen LogP contribution in [0.2, 0.25) is 0 Å². The van der Waals surface area contributed by atoms with Gasteiger partial charge < -0.3 is 25.2 Å². The Balaban J connectivity index is 2.17. The SMILES string of the molecule is CCCCCCCCCCC(O)[C@H](O)[C@H]1OC(=O)C(O)=C1O. The molecular weight excluding hydrogens is 288 g/mol. The average Bonchev–Trinajstić information content (AvgIpc) is 2.76. The first-order chi connectivity index (χ1) is 10.5. The van der Waals surface area contributed by atoms with Gasteiger partial charge in [0.1, 0.15) is 6.10 Å². The standard InChI is InChI=1S/C16H28O6/c1-2-3-4-5-6-7-8-9-10-11(17)12(18)15-13(19)14(20)16(21)22-15/h11-12,15,17-20H,2-10H2,1H3/t11?,12-,15+/m0/s1. The summed E-state index contributed by atoms with van der Waals surface area (Å²) in [5.41, 5.74) is 0. The summed E-state index contributed by atoms with van der Waals surface area (Å²) in [4.78, 5) is 11.0.